The van der Waals surface area contributed by atoms with Crippen LogP contribution in [0.4, 0.5) is 0 Å². The van der Waals surface area contributed by atoms with Gasteiger partial charge in [0.1, 0.15) is 5.75 Å². The van der Waals surface area contributed by atoms with E-state index in [-0.39, 0.29) is 11.5 Å². The maximum absolute atomic E-state index is 12.1. The van der Waals surface area contributed by atoms with Crippen LogP contribution in [-0.2, 0) is 0 Å². The van der Waals surface area contributed by atoms with Gasteiger partial charge in [0.25, 0.3) is 0 Å². The number of fused-ring (bicyclic) bond motifs is 1. The number of halogens is 1. The summed E-state index contributed by atoms with van der Waals surface area (Å²) in [6.45, 7) is 0. The first-order valence-electron chi connectivity index (χ1n) is 6.97. The number of nitrogens with zero attached hydrogens (tertiary/aromatic N) is 1. The smallest absolute Gasteiger partial charge is 0.307 e. The van der Waals surface area contributed by atoms with Gasteiger partial charge >= 0.3 is 5.91 Å². The van der Waals surface area contributed by atoms with E-state index in [1.54, 1.807) is 24.3 Å². The van der Waals surface area contributed by atoms with E-state index in [1.165, 1.54) is 19.4 Å². The summed E-state index contributed by atoms with van der Waals surface area (Å²) in [6.07, 6.45) is 1.46. The summed E-state index contributed by atoms with van der Waals surface area (Å²) in [7, 11) is 1.54. The number of amides is 1. The fraction of sp³-hybridized carbons (Fsp3) is 0.0588. The lowest BCUT2D eigenvalue weighted by atomic mass is 10.2. The summed E-state index contributed by atoms with van der Waals surface area (Å²) in [6, 6.07) is 11.9. The van der Waals surface area contributed by atoms with Gasteiger partial charge in [0.15, 0.2) is 17.1 Å². The molecule has 0 radical (unpaired) electrons. The molecule has 0 aliphatic rings. The average molecular weight is 389 g/mol. The highest BCUT2D eigenvalue weighted by Crippen LogP contribution is 2.28. The molecule has 0 unspecified atom stereocenters. The molecule has 1 aromatic heterocycles. The second-order valence-corrected chi connectivity index (χ2v) is 5.75. The molecule has 0 saturated heterocycles. The highest BCUT2D eigenvalue weighted by atomic mass is 79.9. The van der Waals surface area contributed by atoms with Gasteiger partial charge in [0.2, 0.25) is 0 Å². The number of hydrogen-bond acceptors (Lipinski definition) is 5. The van der Waals surface area contributed by atoms with Crippen LogP contribution in [0.25, 0.3) is 11.0 Å². The number of phenolic OH excluding ortho intramolecular Hbond substituents is 1. The van der Waals surface area contributed by atoms with Crippen LogP contribution in [0.3, 0.4) is 0 Å². The standard InChI is InChI=1S/C17H13BrN2O4/c1-23-14-4-2-3-11-8-15(24-16(11)14)17(22)20-19-9-10-5-6-13(21)12(18)7-10/h2-9,21H,1H3,(H,20,22)/b19-9-. The van der Waals surface area contributed by atoms with E-state index in [9.17, 15) is 9.90 Å². The number of hydrazone groups is 1. The largest absolute Gasteiger partial charge is 0.507 e. The number of hydrogen-bond donors (Lipinski definition) is 2. The molecule has 2 N–H and O–H groups in total. The first-order chi connectivity index (χ1) is 11.6. The molecule has 122 valence electrons. The van der Waals surface area contributed by atoms with Crippen LogP contribution in [0.5, 0.6) is 11.5 Å². The molecule has 3 aromatic rings. The van der Waals surface area contributed by atoms with Crippen molar-refractivity contribution in [2.75, 3.05) is 7.11 Å². The first kappa shape index (κ1) is 16.1. The second-order valence-electron chi connectivity index (χ2n) is 4.90. The summed E-state index contributed by atoms with van der Waals surface area (Å²) in [5.74, 6) is 0.359. The second kappa shape index (κ2) is 6.76. The Kier molecular flexibility index (Phi) is 4.52. The summed E-state index contributed by atoms with van der Waals surface area (Å²) in [4.78, 5) is 12.1. The first-order valence-corrected chi connectivity index (χ1v) is 7.76. The summed E-state index contributed by atoms with van der Waals surface area (Å²) >= 11 is 3.21. The number of carbonyl (C=O) groups is 1. The van der Waals surface area contributed by atoms with Crippen LogP contribution in [0.1, 0.15) is 16.1 Å². The Bertz CT molecular complexity index is 933. The van der Waals surface area contributed by atoms with E-state index in [0.29, 0.717) is 21.4 Å². The molecule has 0 saturated carbocycles. The molecule has 1 heterocycles. The maximum atomic E-state index is 12.1. The van der Waals surface area contributed by atoms with Crippen LogP contribution >= 0.6 is 15.9 Å². The van der Waals surface area contributed by atoms with E-state index in [2.05, 4.69) is 26.5 Å². The molecule has 1 amide bonds. The monoisotopic (exact) mass is 388 g/mol. The molecule has 0 spiro atoms. The van der Waals surface area contributed by atoms with Gasteiger partial charge in [-0.1, -0.05) is 12.1 Å². The van der Waals surface area contributed by atoms with Gasteiger partial charge in [-0.2, -0.15) is 5.10 Å². The van der Waals surface area contributed by atoms with Gasteiger partial charge in [-0.15, -0.1) is 0 Å². The van der Waals surface area contributed by atoms with Crippen LogP contribution in [0.2, 0.25) is 0 Å². The quantitative estimate of drug-likeness (QED) is 0.527. The number of benzene rings is 2. The van der Waals surface area contributed by atoms with E-state index >= 15 is 0 Å². The topological polar surface area (TPSA) is 84.1 Å². The molecule has 3 rings (SSSR count). The van der Waals surface area contributed by atoms with Gasteiger partial charge in [-0.25, -0.2) is 5.43 Å². The lowest BCUT2D eigenvalue weighted by Crippen LogP contribution is -2.16. The Labute approximate surface area is 145 Å². The van der Waals surface area contributed by atoms with Crippen LogP contribution in [0, 0.1) is 0 Å². The molecule has 2 aromatic carbocycles. The molecule has 0 aliphatic heterocycles. The molecule has 0 bridgehead atoms. The number of furan rings is 1. The predicted molar refractivity (Wildman–Crippen MR) is 93.6 cm³/mol. The van der Waals surface area contributed by atoms with Crippen molar-refractivity contribution in [3.8, 4) is 11.5 Å². The van der Waals surface area contributed by atoms with E-state index in [0.717, 1.165) is 5.39 Å². The Balaban J connectivity index is 1.75. The minimum atomic E-state index is -0.470. The Morgan fingerprint density at radius 3 is 2.92 bits per heavy atom. The van der Waals surface area contributed by atoms with Crippen molar-refractivity contribution < 1.29 is 19.1 Å². The Morgan fingerprint density at radius 1 is 1.33 bits per heavy atom. The van der Waals surface area contributed by atoms with Crippen LogP contribution in [-0.4, -0.2) is 24.3 Å². The average Bonchev–Trinajstić information content (AvgIpc) is 3.02. The Morgan fingerprint density at radius 2 is 2.17 bits per heavy atom. The minimum absolute atomic E-state index is 0.132. The number of ether oxygens (including phenoxy) is 1. The number of carbonyl (C=O) groups excluding carboxylic acids is 1. The third-order valence-electron chi connectivity index (χ3n) is 3.30. The van der Waals surface area contributed by atoms with Gasteiger partial charge in [0, 0.05) is 5.39 Å². The fourth-order valence-electron chi connectivity index (χ4n) is 2.13. The van der Waals surface area contributed by atoms with Crippen molar-refractivity contribution >= 4 is 39.0 Å². The number of nitrogens with one attached hydrogen (secondary N) is 1. The number of phenols is 1. The zero-order chi connectivity index (χ0) is 17.1. The predicted octanol–water partition coefficient (Wildman–Crippen LogP) is 3.67. The van der Waals surface area contributed by atoms with Gasteiger partial charge in [-0.3, -0.25) is 4.79 Å². The van der Waals surface area contributed by atoms with Crippen LogP contribution < -0.4 is 10.2 Å². The highest BCUT2D eigenvalue weighted by Gasteiger charge is 2.14. The highest BCUT2D eigenvalue weighted by molar-refractivity contribution is 9.10. The van der Waals surface area contributed by atoms with Crippen molar-refractivity contribution in [1.82, 2.24) is 5.43 Å². The van der Waals surface area contributed by atoms with E-state index < -0.39 is 5.91 Å². The fourth-order valence-corrected chi connectivity index (χ4v) is 2.53. The summed E-state index contributed by atoms with van der Waals surface area (Å²) in [5.41, 5.74) is 3.62. The van der Waals surface area contributed by atoms with Crippen molar-refractivity contribution in [3.05, 3.63) is 58.3 Å². The molecule has 0 fully saturated rings. The molecule has 24 heavy (non-hydrogen) atoms. The number of rotatable bonds is 4. The van der Waals surface area contributed by atoms with Crippen molar-refractivity contribution in [3.63, 3.8) is 0 Å². The van der Waals surface area contributed by atoms with Crippen molar-refractivity contribution in [1.29, 1.82) is 0 Å². The zero-order valence-electron chi connectivity index (χ0n) is 12.6. The van der Waals surface area contributed by atoms with Gasteiger partial charge in [0.05, 0.1) is 17.8 Å². The van der Waals surface area contributed by atoms with E-state index in [1.807, 2.05) is 12.1 Å². The SMILES string of the molecule is COc1cccc2cc(C(=O)N/N=C\c3ccc(O)c(Br)c3)oc12. The Hall–Kier alpha value is -2.80. The molecule has 6 nitrogen and oxygen atoms in total. The molecule has 0 atom stereocenters. The third kappa shape index (κ3) is 3.26. The van der Waals surface area contributed by atoms with Crippen molar-refractivity contribution in [2.45, 2.75) is 0 Å². The molecular weight excluding hydrogens is 376 g/mol. The number of para-hydroxylation sites is 1. The van der Waals surface area contributed by atoms with Gasteiger partial charge in [-0.05, 0) is 51.8 Å². The zero-order valence-corrected chi connectivity index (χ0v) is 14.2. The normalized spacial score (nSPS) is 11.1. The van der Waals surface area contributed by atoms with E-state index in [4.69, 9.17) is 9.15 Å². The minimum Gasteiger partial charge on any atom is -0.507 e. The lowest BCUT2D eigenvalue weighted by Gasteiger charge is -1.99. The number of aromatic hydroxyl groups is 1. The summed E-state index contributed by atoms with van der Waals surface area (Å²) in [5, 5.41) is 14.1. The summed E-state index contributed by atoms with van der Waals surface area (Å²) < 4.78 is 11.3. The van der Waals surface area contributed by atoms with Crippen LogP contribution in [0.15, 0.2) is 56.5 Å². The third-order valence-corrected chi connectivity index (χ3v) is 3.94. The molecule has 0 aliphatic carbocycles. The lowest BCUT2D eigenvalue weighted by molar-refractivity contribution is 0.0929. The molecular formula is C17H13BrN2O4. The maximum Gasteiger partial charge on any atom is 0.307 e. The van der Waals surface area contributed by atoms with Crippen molar-refractivity contribution in [2.24, 2.45) is 5.10 Å². The number of methoxy groups -OCH3 is 1. The van der Waals surface area contributed by atoms with Gasteiger partial charge < -0.3 is 14.3 Å². The molecule has 7 heteroatoms.